The van der Waals surface area contributed by atoms with Gasteiger partial charge in [-0.15, -0.1) is 0 Å². The van der Waals surface area contributed by atoms with Crippen LogP contribution in [0.4, 0.5) is 14.5 Å². The van der Waals surface area contributed by atoms with Crippen LogP contribution in [0.1, 0.15) is 0 Å². The molecule has 7 heteroatoms. The van der Waals surface area contributed by atoms with Gasteiger partial charge in [0.1, 0.15) is 17.6 Å². The molecule has 0 spiro atoms. The van der Waals surface area contributed by atoms with Crippen molar-refractivity contribution in [3.05, 3.63) is 42.0 Å². The van der Waals surface area contributed by atoms with E-state index in [0.717, 1.165) is 18.2 Å². The number of carboxylic acid groups (broad SMARTS) is 1. The second-order valence-corrected chi connectivity index (χ2v) is 4.95. The molecule has 1 aromatic rings. The van der Waals surface area contributed by atoms with Crippen molar-refractivity contribution in [2.24, 2.45) is 11.8 Å². The number of aliphatic carboxylic acids is 1. The maximum atomic E-state index is 13.5. The van der Waals surface area contributed by atoms with Gasteiger partial charge in [-0.05, 0) is 12.1 Å². The molecule has 0 aliphatic carbocycles. The second kappa shape index (κ2) is 4.92. The fourth-order valence-electron chi connectivity index (χ4n) is 2.72. The number of amides is 1. The predicted molar refractivity (Wildman–Crippen MR) is 67.4 cm³/mol. The van der Waals surface area contributed by atoms with Gasteiger partial charge in [0.2, 0.25) is 5.91 Å². The molecule has 1 saturated heterocycles. The van der Waals surface area contributed by atoms with E-state index in [9.17, 15) is 23.5 Å². The van der Waals surface area contributed by atoms with Crippen LogP contribution in [0.2, 0.25) is 0 Å². The molecule has 0 unspecified atom stereocenters. The van der Waals surface area contributed by atoms with Gasteiger partial charge in [0.05, 0.1) is 23.8 Å². The molecule has 0 aromatic heterocycles. The molecule has 2 bridgehead atoms. The van der Waals surface area contributed by atoms with Crippen LogP contribution >= 0.6 is 0 Å². The van der Waals surface area contributed by atoms with Gasteiger partial charge in [0.15, 0.2) is 0 Å². The first-order chi connectivity index (χ1) is 9.97. The van der Waals surface area contributed by atoms with Crippen molar-refractivity contribution >= 4 is 17.6 Å². The molecule has 110 valence electrons. The highest BCUT2D eigenvalue weighted by Gasteiger charge is 2.53. The van der Waals surface area contributed by atoms with Crippen LogP contribution in [-0.2, 0) is 14.3 Å². The number of carbonyl (C=O) groups is 2. The Labute approximate surface area is 118 Å². The van der Waals surface area contributed by atoms with E-state index in [1.807, 2.05) is 0 Å². The van der Waals surface area contributed by atoms with Crippen LogP contribution < -0.4 is 5.32 Å². The Balaban J connectivity index is 1.83. The number of fused-ring (bicyclic) bond motifs is 2. The van der Waals surface area contributed by atoms with Gasteiger partial charge in [0, 0.05) is 6.07 Å². The SMILES string of the molecule is O=C(O)[C@@H]1[C@@H](C(=O)Nc2cc(F)ccc2F)[C@H]2C=C[C@@H]1O2. The average molecular weight is 295 g/mol. The highest BCUT2D eigenvalue weighted by Crippen LogP contribution is 2.40. The zero-order chi connectivity index (χ0) is 15.1. The molecule has 2 aliphatic rings. The number of nitrogens with one attached hydrogen (secondary N) is 1. The lowest BCUT2D eigenvalue weighted by Gasteiger charge is -2.21. The smallest absolute Gasteiger partial charge is 0.310 e. The number of rotatable bonds is 3. The van der Waals surface area contributed by atoms with E-state index in [2.05, 4.69) is 5.32 Å². The van der Waals surface area contributed by atoms with E-state index >= 15 is 0 Å². The topological polar surface area (TPSA) is 75.6 Å². The fraction of sp³-hybridized carbons (Fsp3) is 0.286. The first-order valence-electron chi connectivity index (χ1n) is 6.30. The van der Waals surface area contributed by atoms with Gasteiger partial charge in [0.25, 0.3) is 0 Å². The minimum atomic E-state index is -1.16. The van der Waals surface area contributed by atoms with Crippen LogP contribution in [0.3, 0.4) is 0 Å². The van der Waals surface area contributed by atoms with Gasteiger partial charge in [-0.2, -0.15) is 0 Å². The van der Waals surface area contributed by atoms with Crippen LogP contribution in [0.25, 0.3) is 0 Å². The molecule has 0 radical (unpaired) electrons. The summed E-state index contributed by atoms with van der Waals surface area (Å²) in [6.45, 7) is 0. The standard InChI is InChI=1S/C14H11F2NO4/c15-6-1-2-7(16)8(5-6)17-13(18)11-9-3-4-10(21-9)12(11)14(19)20/h1-5,9-12H,(H,17,18)(H,19,20)/t9-,10+,11+,12+/m1/s1. The molecule has 1 aromatic carbocycles. The van der Waals surface area contributed by atoms with Gasteiger partial charge in [-0.3, -0.25) is 9.59 Å². The van der Waals surface area contributed by atoms with Crippen LogP contribution in [0.15, 0.2) is 30.4 Å². The number of anilines is 1. The lowest BCUT2D eigenvalue weighted by Crippen LogP contribution is -2.39. The lowest BCUT2D eigenvalue weighted by molar-refractivity contribution is -0.145. The Bertz CT molecular complexity index is 646. The van der Waals surface area contributed by atoms with Crippen molar-refractivity contribution in [2.75, 3.05) is 5.32 Å². The number of carboxylic acids is 1. The van der Waals surface area contributed by atoms with Crippen molar-refractivity contribution in [2.45, 2.75) is 12.2 Å². The zero-order valence-electron chi connectivity index (χ0n) is 10.6. The zero-order valence-corrected chi connectivity index (χ0v) is 10.6. The summed E-state index contributed by atoms with van der Waals surface area (Å²) in [6, 6.07) is 2.65. The molecule has 0 saturated carbocycles. The number of carbonyl (C=O) groups excluding carboxylic acids is 1. The Morgan fingerprint density at radius 3 is 2.48 bits per heavy atom. The lowest BCUT2D eigenvalue weighted by atomic mass is 9.82. The number of hydrogen-bond donors (Lipinski definition) is 2. The summed E-state index contributed by atoms with van der Waals surface area (Å²) in [6.07, 6.45) is 1.88. The van der Waals surface area contributed by atoms with Crippen molar-refractivity contribution in [3.63, 3.8) is 0 Å². The van der Waals surface area contributed by atoms with E-state index in [4.69, 9.17) is 4.74 Å². The molecule has 3 rings (SSSR count). The van der Waals surface area contributed by atoms with Crippen LogP contribution in [0.5, 0.6) is 0 Å². The minimum absolute atomic E-state index is 0.323. The molecule has 21 heavy (non-hydrogen) atoms. The van der Waals surface area contributed by atoms with Gasteiger partial charge >= 0.3 is 5.97 Å². The molecule has 2 aliphatic heterocycles. The summed E-state index contributed by atoms with van der Waals surface area (Å²) >= 11 is 0. The Kier molecular flexibility index (Phi) is 3.21. The highest BCUT2D eigenvalue weighted by atomic mass is 19.1. The molecule has 4 atom stereocenters. The molecular formula is C14H11F2NO4. The molecule has 2 heterocycles. The minimum Gasteiger partial charge on any atom is -0.481 e. The van der Waals surface area contributed by atoms with Crippen molar-refractivity contribution in [1.82, 2.24) is 0 Å². The average Bonchev–Trinajstić information content (AvgIpc) is 3.03. The van der Waals surface area contributed by atoms with E-state index in [0.29, 0.717) is 0 Å². The molecule has 1 amide bonds. The largest absolute Gasteiger partial charge is 0.481 e. The normalized spacial score (nSPS) is 29.6. The third-order valence-corrected chi connectivity index (χ3v) is 3.67. The third-order valence-electron chi connectivity index (χ3n) is 3.67. The van der Waals surface area contributed by atoms with E-state index in [1.54, 1.807) is 12.2 Å². The second-order valence-electron chi connectivity index (χ2n) is 4.95. The van der Waals surface area contributed by atoms with Crippen molar-refractivity contribution in [1.29, 1.82) is 0 Å². The molecule has 2 N–H and O–H groups in total. The van der Waals surface area contributed by atoms with Gasteiger partial charge < -0.3 is 15.2 Å². The van der Waals surface area contributed by atoms with Gasteiger partial charge in [-0.1, -0.05) is 12.2 Å². The van der Waals surface area contributed by atoms with E-state index in [1.165, 1.54) is 0 Å². The first-order valence-corrected chi connectivity index (χ1v) is 6.30. The van der Waals surface area contributed by atoms with Crippen molar-refractivity contribution in [3.8, 4) is 0 Å². The fourth-order valence-corrected chi connectivity index (χ4v) is 2.72. The number of benzene rings is 1. The van der Waals surface area contributed by atoms with Crippen molar-refractivity contribution < 1.29 is 28.2 Å². The maximum Gasteiger partial charge on any atom is 0.310 e. The maximum absolute atomic E-state index is 13.5. The van der Waals surface area contributed by atoms with E-state index in [-0.39, 0.29) is 5.69 Å². The summed E-state index contributed by atoms with van der Waals surface area (Å²) in [7, 11) is 0. The first kappa shape index (κ1) is 13.7. The predicted octanol–water partition coefficient (Wildman–Crippen LogP) is 1.56. The summed E-state index contributed by atoms with van der Waals surface area (Å²) < 4.78 is 32.0. The number of hydrogen-bond acceptors (Lipinski definition) is 3. The van der Waals surface area contributed by atoms with Crippen LogP contribution in [0, 0.1) is 23.5 Å². The molecular weight excluding hydrogens is 284 g/mol. The Hall–Kier alpha value is -2.28. The molecule has 5 nitrogen and oxygen atoms in total. The van der Waals surface area contributed by atoms with E-state index < -0.39 is 47.6 Å². The Morgan fingerprint density at radius 2 is 1.81 bits per heavy atom. The highest BCUT2D eigenvalue weighted by molar-refractivity contribution is 5.96. The quantitative estimate of drug-likeness (QED) is 0.830. The Morgan fingerprint density at radius 1 is 1.14 bits per heavy atom. The number of ether oxygens (including phenoxy) is 1. The van der Waals surface area contributed by atoms with Gasteiger partial charge in [-0.25, -0.2) is 8.78 Å². The summed E-state index contributed by atoms with van der Waals surface area (Å²) in [5.41, 5.74) is -0.323. The monoisotopic (exact) mass is 295 g/mol. The summed E-state index contributed by atoms with van der Waals surface area (Å²) in [5, 5.41) is 11.4. The number of halogens is 2. The molecule has 1 fully saturated rings. The summed E-state index contributed by atoms with van der Waals surface area (Å²) in [5.74, 6) is -5.37. The van der Waals surface area contributed by atoms with Crippen LogP contribution in [-0.4, -0.2) is 29.2 Å². The third kappa shape index (κ3) is 2.29. The summed E-state index contributed by atoms with van der Waals surface area (Å²) in [4.78, 5) is 23.5.